The van der Waals surface area contributed by atoms with Crippen molar-refractivity contribution in [2.24, 2.45) is 5.92 Å². The zero-order valence-corrected chi connectivity index (χ0v) is 14.9. The van der Waals surface area contributed by atoms with Crippen molar-refractivity contribution in [3.8, 4) is 0 Å². The molecular formula is C18H37NO2. The van der Waals surface area contributed by atoms with Crippen LogP contribution in [0.3, 0.4) is 0 Å². The molecule has 0 bridgehead atoms. The van der Waals surface area contributed by atoms with E-state index < -0.39 is 0 Å². The summed E-state index contributed by atoms with van der Waals surface area (Å²) in [5.74, 6) is 0.206. The Balaban J connectivity index is 4.56. The maximum Gasteiger partial charge on any atom is 0.323 e. The zero-order chi connectivity index (χ0) is 16.1. The largest absolute Gasteiger partial charge is 0.468 e. The first-order valence-corrected chi connectivity index (χ1v) is 8.94. The van der Waals surface area contributed by atoms with Gasteiger partial charge in [0, 0.05) is 6.04 Å². The average Bonchev–Trinajstić information content (AvgIpc) is 2.50. The molecule has 0 aromatic carbocycles. The van der Waals surface area contributed by atoms with E-state index in [0.717, 1.165) is 6.42 Å². The van der Waals surface area contributed by atoms with Crippen molar-refractivity contribution in [2.75, 3.05) is 7.11 Å². The fourth-order valence-corrected chi connectivity index (χ4v) is 2.67. The molecule has 0 amide bonds. The van der Waals surface area contributed by atoms with Crippen molar-refractivity contribution in [3.63, 3.8) is 0 Å². The van der Waals surface area contributed by atoms with E-state index in [9.17, 15) is 4.79 Å². The molecule has 0 aromatic heterocycles. The summed E-state index contributed by atoms with van der Waals surface area (Å²) < 4.78 is 4.99. The van der Waals surface area contributed by atoms with E-state index in [1.165, 1.54) is 58.5 Å². The third kappa shape index (κ3) is 9.13. The van der Waals surface area contributed by atoms with Crippen molar-refractivity contribution < 1.29 is 9.53 Å². The minimum absolute atomic E-state index is 0.111. The Hall–Kier alpha value is -0.570. The Morgan fingerprint density at radius 2 is 1.52 bits per heavy atom. The number of carbonyl (C=O) groups is 1. The first-order chi connectivity index (χ1) is 10.1. The summed E-state index contributed by atoms with van der Waals surface area (Å²) in [4.78, 5) is 12.0. The van der Waals surface area contributed by atoms with Crippen LogP contribution < -0.4 is 5.32 Å². The Bertz CT molecular complexity index is 246. The summed E-state index contributed by atoms with van der Waals surface area (Å²) in [5.41, 5.74) is 0. The van der Waals surface area contributed by atoms with Crippen LogP contribution in [0.15, 0.2) is 0 Å². The Labute approximate surface area is 132 Å². The first-order valence-electron chi connectivity index (χ1n) is 8.94. The molecular weight excluding hydrogens is 262 g/mol. The lowest BCUT2D eigenvalue weighted by Crippen LogP contribution is -2.47. The highest BCUT2D eigenvalue weighted by molar-refractivity contribution is 5.76. The van der Waals surface area contributed by atoms with Gasteiger partial charge in [0.05, 0.1) is 7.11 Å². The quantitative estimate of drug-likeness (QED) is 0.396. The standard InChI is InChI=1S/C18H37NO2/c1-6-9-11-13-16(14-12-10-7-2)19-17(15(4)8-3)18(20)21-5/h15-17,19H,6-14H2,1-5H3. The van der Waals surface area contributed by atoms with Gasteiger partial charge in [-0.05, 0) is 18.8 Å². The number of hydrogen-bond acceptors (Lipinski definition) is 3. The molecule has 0 radical (unpaired) electrons. The minimum atomic E-state index is -0.159. The topological polar surface area (TPSA) is 38.3 Å². The molecule has 0 heterocycles. The summed E-state index contributed by atoms with van der Waals surface area (Å²) in [5, 5.41) is 3.60. The lowest BCUT2D eigenvalue weighted by Gasteiger charge is -2.28. The fourth-order valence-electron chi connectivity index (χ4n) is 2.67. The maximum absolute atomic E-state index is 12.0. The van der Waals surface area contributed by atoms with Gasteiger partial charge < -0.3 is 10.1 Å². The number of carbonyl (C=O) groups excluding carboxylic acids is 1. The third-order valence-electron chi connectivity index (χ3n) is 4.40. The van der Waals surface area contributed by atoms with Gasteiger partial charge in [-0.25, -0.2) is 0 Å². The van der Waals surface area contributed by atoms with Crippen LogP contribution >= 0.6 is 0 Å². The van der Waals surface area contributed by atoms with Crippen LogP contribution in [0, 0.1) is 5.92 Å². The van der Waals surface area contributed by atoms with E-state index in [4.69, 9.17) is 4.74 Å². The predicted octanol–water partition coefficient (Wildman–Crippen LogP) is 4.69. The molecule has 3 nitrogen and oxygen atoms in total. The summed E-state index contributed by atoms with van der Waals surface area (Å²) >= 11 is 0. The van der Waals surface area contributed by atoms with E-state index in [1.807, 2.05) is 0 Å². The van der Waals surface area contributed by atoms with Gasteiger partial charge in [0.25, 0.3) is 0 Å². The van der Waals surface area contributed by atoms with Crippen molar-refractivity contribution >= 4 is 5.97 Å². The smallest absolute Gasteiger partial charge is 0.323 e. The molecule has 0 aliphatic heterocycles. The van der Waals surface area contributed by atoms with Crippen molar-refractivity contribution in [2.45, 2.75) is 97.6 Å². The van der Waals surface area contributed by atoms with Crippen molar-refractivity contribution in [1.29, 1.82) is 0 Å². The molecule has 21 heavy (non-hydrogen) atoms. The van der Waals surface area contributed by atoms with Crippen LogP contribution in [0.1, 0.15) is 85.5 Å². The molecule has 126 valence electrons. The van der Waals surface area contributed by atoms with E-state index in [0.29, 0.717) is 12.0 Å². The molecule has 0 aliphatic carbocycles. The SMILES string of the molecule is CCCCCC(CCCCC)NC(C(=O)OC)C(C)CC. The van der Waals surface area contributed by atoms with E-state index in [-0.39, 0.29) is 12.0 Å². The normalized spacial score (nSPS) is 14.2. The number of esters is 1. The maximum atomic E-state index is 12.0. The molecule has 0 saturated heterocycles. The summed E-state index contributed by atoms with van der Waals surface area (Å²) in [6, 6.07) is 0.287. The number of hydrogen-bond donors (Lipinski definition) is 1. The van der Waals surface area contributed by atoms with Crippen LogP contribution in [0.4, 0.5) is 0 Å². The van der Waals surface area contributed by atoms with Crippen LogP contribution in [0.2, 0.25) is 0 Å². The zero-order valence-electron chi connectivity index (χ0n) is 14.9. The van der Waals surface area contributed by atoms with Crippen LogP contribution in [-0.4, -0.2) is 25.2 Å². The van der Waals surface area contributed by atoms with Gasteiger partial charge in [0.15, 0.2) is 0 Å². The summed E-state index contributed by atoms with van der Waals surface area (Å²) in [6.45, 7) is 8.72. The van der Waals surface area contributed by atoms with Gasteiger partial charge in [-0.2, -0.15) is 0 Å². The van der Waals surface area contributed by atoms with E-state index in [2.05, 4.69) is 33.0 Å². The Morgan fingerprint density at radius 3 is 1.90 bits per heavy atom. The molecule has 0 rings (SSSR count). The van der Waals surface area contributed by atoms with Crippen LogP contribution in [0.25, 0.3) is 0 Å². The van der Waals surface area contributed by atoms with Gasteiger partial charge in [-0.1, -0.05) is 72.6 Å². The number of unbranched alkanes of at least 4 members (excludes halogenated alkanes) is 4. The highest BCUT2D eigenvalue weighted by atomic mass is 16.5. The second-order valence-corrected chi connectivity index (χ2v) is 6.24. The highest BCUT2D eigenvalue weighted by Crippen LogP contribution is 2.16. The molecule has 0 saturated carbocycles. The molecule has 3 heteroatoms. The molecule has 0 aromatic rings. The van der Waals surface area contributed by atoms with E-state index >= 15 is 0 Å². The Morgan fingerprint density at radius 1 is 1.00 bits per heavy atom. The van der Waals surface area contributed by atoms with Crippen molar-refractivity contribution in [1.82, 2.24) is 5.32 Å². The first kappa shape index (κ1) is 20.4. The predicted molar refractivity (Wildman–Crippen MR) is 90.5 cm³/mol. The number of methoxy groups -OCH3 is 1. The van der Waals surface area contributed by atoms with Crippen molar-refractivity contribution in [3.05, 3.63) is 0 Å². The fraction of sp³-hybridized carbons (Fsp3) is 0.944. The average molecular weight is 299 g/mol. The summed E-state index contributed by atoms with van der Waals surface area (Å²) in [7, 11) is 1.49. The number of rotatable bonds is 13. The van der Waals surface area contributed by atoms with Crippen LogP contribution in [0.5, 0.6) is 0 Å². The van der Waals surface area contributed by atoms with Gasteiger partial charge >= 0.3 is 5.97 Å². The second kappa shape index (κ2) is 13.1. The molecule has 1 N–H and O–H groups in total. The molecule has 0 aliphatic rings. The van der Waals surface area contributed by atoms with Gasteiger partial charge in [0.1, 0.15) is 6.04 Å². The lowest BCUT2D eigenvalue weighted by molar-refractivity contribution is -0.144. The lowest BCUT2D eigenvalue weighted by atomic mass is 9.95. The Kier molecular flexibility index (Phi) is 12.8. The van der Waals surface area contributed by atoms with Gasteiger partial charge in [0.2, 0.25) is 0 Å². The van der Waals surface area contributed by atoms with Gasteiger partial charge in [-0.3, -0.25) is 4.79 Å². The minimum Gasteiger partial charge on any atom is -0.468 e. The molecule has 0 spiro atoms. The van der Waals surface area contributed by atoms with E-state index in [1.54, 1.807) is 0 Å². The van der Waals surface area contributed by atoms with Crippen LogP contribution in [-0.2, 0) is 9.53 Å². The molecule has 2 atom stereocenters. The second-order valence-electron chi connectivity index (χ2n) is 6.24. The highest BCUT2D eigenvalue weighted by Gasteiger charge is 2.27. The number of nitrogens with one attached hydrogen (secondary N) is 1. The molecule has 0 fully saturated rings. The summed E-state index contributed by atoms with van der Waals surface area (Å²) in [6.07, 6.45) is 10.9. The monoisotopic (exact) mass is 299 g/mol. The molecule has 2 unspecified atom stereocenters. The van der Waals surface area contributed by atoms with Gasteiger partial charge in [-0.15, -0.1) is 0 Å². The number of ether oxygens (including phenoxy) is 1. The third-order valence-corrected chi connectivity index (χ3v) is 4.40.